The molecule has 2 aromatic rings. The Morgan fingerprint density at radius 1 is 1.10 bits per heavy atom. The summed E-state index contributed by atoms with van der Waals surface area (Å²) >= 11 is 18.4. The van der Waals surface area contributed by atoms with Crippen molar-refractivity contribution >= 4 is 103 Å². The first-order valence-electron chi connectivity index (χ1n) is 5.16. The van der Waals surface area contributed by atoms with Gasteiger partial charge in [0.1, 0.15) is 10.8 Å². The topological polar surface area (TPSA) is 42.0 Å². The van der Waals surface area contributed by atoms with E-state index in [0.29, 0.717) is 0 Å². The molecule has 2 rings (SSSR count). The molecule has 0 unspecified atom stereocenters. The molecule has 1 aromatic carbocycles. The first-order chi connectivity index (χ1) is 9.38. The van der Waals surface area contributed by atoms with Gasteiger partial charge in [0.05, 0.1) is 10.7 Å². The second-order valence-electron chi connectivity index (χ2n) is 3.66. The number of anilines is 1. The van der Waals surface area contributed by atoms with E-state index in [9.17, 15) is 4.79 Å². The Labute approximate surface area is 166 Å². The van der Waals surface area contributed by atoms with Gasteiger partial charge in [0.15, 0.2) is 0 Å². The quantitative estimate of drug-likeness (QED) is 0.349. The third-order valence-corrected chi connectivity index (χ3v) is 5.11. The monoisotopic (exact) mass is 644 g/mol. The molecule has 20 heavy (non-hydrogen) atoms. The van der Waals surface area contributed by atoms with Gasteiger partial charge in [-0.15, -0.1) is 0 Å². The minimum atomic E-state index is -0.380. The standard InChI is InChI=1S/C12H5Cl2I3N2O/c13-6-1-2-9(14)18-10(6)12(20)19-11-7(16)3-5(15)4-8(11)17/h1-4H,(H,19,20). The summed E-state index contributed by atoms with van der Waals surface area (Å²) in [5.41, 5.74) is 0.860. The Bertz CT molecular complexity index is 671. The van der Waals surface area contributed by atoms with Crippen LogP contribution in [0.15, 0.2) is 24.3 Å². The van der Waals surface area contributed by atoms with Crippen LogP contribution in [0.1, 0.15) is 10.5 Å². The van der Waals surface area contributed by atoms with Crippen molar-refractivity contribution in [2.75, 3.05) is 5.32 Å². The van der Waals surface area contributed by atoms with E-state index in [1.807, 2.05) is 12.1 Å². The molecular weight excluding hydrogens is 640 g/mol. The molecule has 1 N–H and O–H groups in total. The second kappa shape index (κ2) is 7.25. The van der Waals surface area contributed by atoms with E-state index in [4.69, 9.17) is 23.2 Å². The smallest absolute Gasteiger partial charge is 0.275 e. The third-order valence-electron chi connectivity index (χ3n) is 2.27. The highest BCUT2D eigenvalue weighted by Crippen LogP contribution is 2.28. The van der Waals surface area contributed by atoms with Crippen molar-refractivity contribution in [3.05, 3.63) is 50.8 Å². The van der Waals surface area contributed by atoms with Gasteiger partial charge >= 0.3 is 0 Å². The zero-order valence-corrected chi connectivity index (χ0v) is 17.5. The highest BCUT2D eigenvalue weighted by Gasteiger charge is 2.16. The van der Waals surface area contributed by atoms with Crippen LogP contribution in [0.4, 0.5) is 5.69 Å². The van der Waals surface area contributed by atoms with Crippen molar-refractivity contribution in [1.29, 1.82) is 0 Å². The first-order valence-corrected chi connectivity index (χ1v) is 9.15. The summed E-state index contributed by atoms with van der Waals surface area (Å²) in [5, 5.41) is 3.32. The molecule has 1 aromatic heterocycles. The van der Waals surface area contributed by atoms with Crippen molar-refractivity contribution < 1.29 is 4.79 Å². The maximum absolute atomic E-state index is 12.3. The summed E-state index contributed by atoms with van der Waals surface area (Å²) in [6, 6.07) is 7.05. The van der Waals surface area contributed by atoms with E-state index >= 15 is 0 Å². The molecule has 8 heteroatoms. The van der Waals surface area contributed by atoms with Gasteiger partial charge in [0.25, 0.3) is 5.91 Å². The summed E-state index contributed by atoms with van der Waals surface area (Å²) in [5.74, 6) is -0.380. The molecule has 0 bridgehead atoms. The second-order valence-corrected chi connectivity index (χ2v) is 8.03. The van der Waals surface area contributed by atoms with E-state index in [1.165, 1.54) is 0 Å². The molecule has 0 aliphatic carbocycles. The van der Waals surface area contributed by atoms with Crippen LogP contribution >= 0.6 is 91.0 Å². The normalized spacial score (nSPS) is 10.4. The predicted molar refractivity (Wildman–Crippen MR) is 107 cm³/mol. The molecular formula is C12H5Cl2I3N2O. The number of carbonyl (C=O) groups excluding carboxylic acids is 1. The van der Waals surface area contributed by atoms with Crippen LogP contribution in [0.25, 0.3) is 0 Å². The van der Waals surface area contributed by atoms with Gasteiger partial charge in [-0.1, -0.05) is 23.2 Å². The van der Waals surface area contributed by atoms with Crippen LogP contribution in [-0.2, 0) is 0 Å². The van der Waals surface area contributed by atoms with Crippen LogP contribution in [0.2, 0.25) is 10.2 Å². The number of amides is 1. The number of aromatic nitrogens is 1. The Balaban J connectivity index is 2.35. The van der Waals surface area contributed by atoms with E-state index in [0.717, 1.165) is 16.4 Å². The lowest BCUT2D eigenvalue weighted by atomic mass is 10.3. The van der Waals surface area contributed by atoms with Crippen LogP contribution in [0.5, 0.6) is 0 Å². The molecule has 1 heterocycles. The van der Waals surface area contributed by atoms with Gasteiger partial charge < -0.3 is 5.32 Å². The summed E-state index contributed by atoms with van der Waals surface area (Å²) in [7, 11) is 0. The van der Waals surface area contributed by atoms with Gasteiger partial charge in [-0.25, -0.2) is 4.98 Å². The van der Waals surface area contributed by atoms with Gasteiger partial charge in [-0.3, -0.25) is 4.79 Å². The SMILES string of the molecule is O=C(Nc1c(I)cc(I)cc1I)c1nc(Cl)ccc1Cl. The van der Waals surface area contributed by atoms with Crippen molar-refractivity contribution in [2.45, 2.75) is 0 Å². The number of benzene rings is 1. The molecule has 1 amide bonds. The lowest BCUT2D eigenvalue weighted by Crippen LogP contribution is -2.16. The van der Waals surface area contributed by atoms with Crippen molar-refractivity contribution in [1.82, 2.24) is 4.98 Å². The molecule has 3 nitrogen and oxygen atoms in total. The first kappa shape index (κ1) is 17.0. The van der Waals surface area contributed by atoms with E-state index in [-0.39, 0.29) is 21.8 Å². The maximum Gasteiger partial charge on any atom is 0.275 e. The lowest BCUT2D eigenvalue weighted by Gasteiger charge is -2.11. The number of nitrogens with one attached hydrogen (secondary N) is 1. The zero-order chi connectivity index (χ0) is 14.9. The fourth-order valence-electron chi connectivity index (χ4n) is 1.41. The average Bonchev–Trinajstić information content (AvgIpc) is 2.36. The van der Waals surface area contributed by atoms with Gasteiger partial charge in [0.2, 0.25) is 0 Å². The fraction of sp³-hybridized carbons (Fsp3) is 0. The van der Waals surface area contributed by atoms with Crippen LogP contribution in [-0.4, -0.2) is 10.9 Å². The molecule has 0 aliphatic rings. The Morgan fingerprint density at radius 2 is 1.70 bits per heavy atom. The number of rotatable bonds is 2. The minimum absolute atomic E-state index is 0.115. The van der Waals surface area contributed by atoms with Crippen molar-refractivity contribution in [3.63, 3.8) is 0 Å². The van der Waals surface area contributed by atoms with Crippen LogP contribution in [0.3, 0.4) is 0 Å². The number of hydrogen-bond acceptors (Lipinski definition) is 2. The number of carbonyl (C=O) groups is 1. The fourth-order valence-corrected chi connectivity index (χ4v) is 5.60. The Kier molecular flexibility index (Phi) is 6.15. The Morgan fingerprint density at radius 3 is 2.30 bits per heavy atom. The highest BCUT2D eigenvalue weighted by atomic mass is 127. The molecule has 0 fully saturated rings. The van der Waals surface area contributed by atoms with Crippen LogP contribution in [0, 0.1) is 10.7 Å². The molecule has 0 radical (unpaired) electrons. The average molecular weight is 645 g/mol. The summed E-state index contributed by atoms with van der Waals surface area (Å²) < 4.78 is 3.00. The number of halogens is 5. The summed E-state index contributed by atoms with van der Waals surface area (Å²) in [4.78, 5) is 16.2. The lowest BCUT2D eigenvalue weighted by molar-refractivity contribution is 0.102. The van der Waals surface area contributed by atoms with Gasteiger partial charge in [-0.05, 0) is 92.0 Å². The van der Waals surface area contributed by atoms with E-state index in [2.05, 4.69) is 78.1 Å². The van der Waals surface area contributed by atoms with Crippen molar-refractivity contribution in [2.24, 2.45) is 0 Å². The number of nitrogens with zero attached hydrogens (tertiary/aromatic N) is 1. The summed E-state index contributed by atoms with van der Waals surface area (Å²) in [6.07, 6.45) is 0. The number of pyridine rings is 1. The highest BCUT2D eigenvalue weighted by molar-refractivity contribution is 14.1. The Hall–Kier alpha value is 0.610. The minimum Gasteiger partial charge on any atom is -0.319 e. The molecule has 0 saturated heterocycles. The maximum atomic E-state index is 12.3. The number of hydrogen-bond donors (Lipinski definition) is 1. The van der Waals surface area contributed by atoms with E-state index < -0.39 is 0 Å². The molecule has 0 spiro atoms. The third kappa shape index (κ3) is 4.08. The van der Waals surface area contributed by atoms with E-state index in [1.54, 1.807) is 12.1 Å². The molecule has 0 aliphatic heterocycles. The largest absolute Gasteiger partial charge is 0.319 e. The summed E-state index contributed by atoms with van der Waals surface area (Å²) in [6.45, 7) is 0. The van der Waals surface area contributed by atoms with Gasteiger partial charge in [-0.2, -0.15) is 0 Å². The van der Waals surface area contributed by atoms with Gasteiger partial charge in [0, 0.05) is 10.7 Å². The molecule has 104 valence electrons. The van der Waals surface area contributed by atoms with Crippen LogP contribution < -0.4 is 5.32 Å². The molecule has 0 atom stereocenters. The predicted octanol–water partition coefficient (Wildman–Crippen LogP) is 5.45. The molecule has 0 saturated carbocycles. The van der Waals surface area contributed by atoms with Crippen molar-refractivity contribution in [3.8, 4) is 0 Å². The zero-order valence-electron chi connectivity index (χ0n) is 9.55.